The molecule has 14 heavy (non-hydrogen) atoms. The number of amides is 1. The van der Waals surface area contributed by atoms with Crippen molar-refractivity contribution in [1.82, 2.24) is 5.32 Å². The molecule has 3 atom stereocenters. The lowest BCUT2D eigenvalue weighted by molar-refractivity contribution is 0.0855. The van der Waals surface area contributed by atoms with E-state index in [1.165, 1.54) is 6.42 Å². The highest BCUT2D eigenvalue weighted by Crippen LogP contribution is 2.41. The molecular formula is C11H20ClNO. The van der Waals surface area contributed by atoms with Gasteiger partial charge in [-0.25, -0.2) is 0 Å². The minimum absolute atomic E-state index is 0.163. The molecule has 0 aromatic heterocycles. The summed E-state index contributed by atoms with van der Waals surface area (Å²) in [5.74, 6) is 1.16. The van der Waals surface area contributed by atoms with Crippen LogP contribution in [0.5, 0.6) is 0 Å². The van der Waals surface area contributed by atoms with Crippen LogP contribution in [-0.4, -0.2) is 11.4 Å². The molecule has 0 spiro atoms. The van der Waals surface area contributed by atoms with Crippen LogP contribution in [0.25, 0.3) is 0 Å². The molecule has 0 bridgehead atoms. The Balaban J connectivity index is 2.77. The lowest BCUT2D eigenvalue weighted by Gasteiger charge is -2.45. The van der Waals surface area contributed by atoms with Crippen molar-refractivity contribution in [3.8, 4) is 0 Å². The maximum Gasteiger partial charge on any atom is 0.314 e. The maximum atomic E-state index is 10.9. The van der Waals surface area contributed by atoms with Crippen LogP contribution in [0.4, 0.5) is 4.79 Å². The Morgan fingerprint density at radius 3 is 2.50 bits per heavy atom. The molecule has 0 radical (unpaired) electrons. The molecule has 0 saturated heterocycles. The average Bonchev–Trinajstić information content (AvgIpc) is 2.06. The minimum Gasteiger partial charge on any atom is -0.339 e. The van der Waals surface area contributed by atoms with Crippen LogP contribution >= 0.6 is 11.6 Å². The van der Waals surface area contributed by atoms with Crippen molar-refractivity contribution in [3.63, 3.8) is 0 Å². The van der Waals surface area contributed by atoms with E-state index < -0.39 is 5.37 Å². The second-order valence-electron chi connectivity index (χ2n) is 5.26. The van der Waals surface area contributed by atoms with Crippen molar-refractivity contribution in [2.24, 2.45) is 17.3 Å². The largest absolute Gasteiger partial charge is 0.339 e. The maximum absolute atomic E-state index is 10.9. The summed E-state index contributed by atoms with van der Waals surface area (Å²) in [6.45, 7) is 8.84. The SMILES string of the molecule is CC1CCC(C)(C)C(NC(=O)Cl)C1C. The molecule has 82 valence electrons. The van der Waals surface area contributed by atoms with Gasteiger partial charge in [-0.05, 0) is 41.7 Å². The zero-order chi connectivity index (χ0) is 10.9. The second kappa shape index (κ2) is 4.09. The van der Waals surface area contributed by atoms with E-state index in [9.17, 15) is 4.79 Å². The Hall–Kier alpha value is -0.240. The molecule has 0 aromatic rings. The van der Waals surface area contributed by atoms with Gasteiger partial charge in [0.05, 0.1) is 0 Å². The van der Waals surface area contributed by atoms with Crippen LogP contribution in [-0.2, 0) is 0 Å². The molecule has 0 aromatic carbocycles. The number of hydrogen-bond donors (Lipinski definition) is 1. The van der Waals surface area contributed by atoms with Crippen molar-refractivity contribution in [2.45, 2.75) is 46.6 Å². The highest BCUT2D eigenvalue weighted by atomic mass is 35.5. The Morgan fingerprint density at radius 2 is 2.00 bits per heavy atom. The van der Waals surface area contributed by atoms with Gasteiger partial charge in [0, 0.05) is 6.04 Å². The van der Waals surface area contributed by atoms with Gasteiger partial charge in [-0.2, -0.15) is 0 Å². The van der Waals surface area contributed by atoms with Crippen LogP contribution in [0.3, 0.4) is 0 Å². The summed E-state index contributed by atoms with van der Waals surface area (Å²) in [7, 11) is 0. The van der Waals surface area contributed by atoms with Crippen LogP contribution < -0.4 is 5.32 Å². The second-order valence-corrected chi connectivity index (χ2v) is 5.60. The van der Waals surface area contributed by atoms with E-state index in [1.807, 2.05) is 0 Å². The van der Waals surface area contributed by atoms with Gasteiger partial charge < -0.3 is 5.32 Å². The van der Waals surface area contributed by atoms with E-state index in [0.717, 1.165) is 6.42 Å². The third-order valence-electron chi connectivity index (χ3n) is 3.78. The molecule has 0 aliphatic heterocycles. The third kappa shape index (κ3) is 2.41. The fourth-order valence-electron chi connectivity index (χ4n) is 2.51. The Morgan fingerprint density at radius 1 is 1.43 bits per heavy atom. The van der Waals surface area contributed by atoms with Gasteiger partial charge in [0.2, 0.25) is 0 Å². The number of rotatable bonds is 1. The summed E-state index contributed by atoms with van der Waals surface area (Å²) in [6.07, 6.45) is 2.39. The number of halogens is 1. The van der Waals surface area contributed by atoms with E-state index in [0.29, 0.717) is 11.8 Å². The normalized spacial score (nSPS) is 36.5. The van der Waals surface area contributed by atoms with Gasteiger partial charge in [-0.15, -0.1) is 0 Å². The van der Waals surface area contributed by atoms with Crippen molar-refractivity contribution in [3.05, 3.63) is 0 Å². The average molecular weight is 218 g/mol. The standard InChI is InChI=1S/C11H20ClNO/c1-7-5-6-11(3,4)9(8(7)2)13-10(12)14/h7-9H,5-6H2,1-4H3,(H,13,14). The fraction of sp³-hybridized carbons (Fsp3) is 0.909. The smallest absolute Gasteiger partial charge is 0.314 e. The van der Waals surface area contributed by atoms with Crippen molar-refractivity contribution in [2.75, 3.05) is 0 Å². The van der Waals surface area contributed by atoms with E-state index in [-0.39, 0.29) is 11.5 Å². The lowest BCUT2D eigenvalue weighted by atomic mass is 9.64. The molecule has 1 amide bonds. The first kappa shape index (κ1) is 11.8. The Bertz CT molecular complexity index is 227. The summed E-state index contributed by atoms with van der Waals surface area (Å²) < 4.78 is 0. The van der Waals surface area contributed by atoms with Crippen molar-refractivity contribution < 1.29 is 4.79 Å². The molecule has 1 fully saturated rings. The van der Waals surface area contributed by atoms with Crippen molar-refractivity contribution in [1.29, 1.82) is 0 Å². The summed E-state index contributed by atoms with van der Waals surface area (Å²) in [4.78, 5) is 10.9. The highest BCUT2D eigenvalue weighted by molar-refractivity contribution is 6.63. The van der Waals surface area contributed by atoms with Gasteiger partial charge >= 0.3 is 5.37 Å². The molecule has 2 nitrogen and oxygen atoms in total. The van der Waals surface area contributed by atoms with Crippen LogP contribution in [0, 0.1) is 17.3 Å². The molecule has 1 N–H and O–H groups in total. The highest BCUT2D eigenvalue weighted by Gasteiger charge is 2.40. The molecule has 3 unspecified atom stereocenters. The first-order chi connectivity index (χ1) is 6.34. The zero-order valence-corrected chi connectivity index (χ0v) is 10.2. The monoisotopic (exact) mass is 217 g/mol. The van der Waals surface area contributed by atoms with Crippen LogP contribution in [0.2, 0.25) is 0 Å². The topological polar surface area (TPSA) is 29.1 Å². The lowest BCUT2D eigenvalue weighted by Crippen LogP contribution is -2.52. The predicted molar refractivity (Wildman–Crippen MR) is 59.5 cm³/mol. The molecule has 0 heterocycles. The van der Waals surface area contributed by atoms with Gasteiger partial charge in [0.25, 0.3) is 0 Å². The first-order valence-corrected chi connectivity index (χ1v) is 5.68. The number of carbonyl (C=O) groups excluding carboxylic acids is 1. The van der Waals surface area contributed by atoms with E-state index in [1.54, 1.807) is 0 Å². The van der Waals surface area contributed by atoms with E-state index >= 15 is 0 Å². The molecular weight excluding hydrogens is 198 g/mol. The molecule has 1 saturated carbocycles. The molecule has 3 heteroatoms. The van der Waals surface area contributed by atoms with Gasteiger partial charge in [-0.1, -0.05) is 27.7 Å². The first-order valence-electron chi connectivity index (χ1n) is 5.30. The van der Waals surface area contributed by atoms with Gasteiger partial charge in [-0.3, -0.25) is 4.79 Å². The predicted octanol–water partition coefficient (Wildman–Crippen LogP) is 3.40. The molecule has 1 aliphatic rings. The van der Waals surface area contributed by atoms with Gasteiger partial charge in [0.15, 0.2) is 0 Å². The number of carbonyl (C=O) groups is 1. The quantitative estimate of drug-likeness (QED) is 0.530. The molecule has 1 rings (SSSR count). The Labute approximate surface area is 91.4 Å². The summed E-state index contributed by atoms with van der Waals surface area (Å²) in [6, 6.07) is 0.205. The molecule has 1 aliphatic carbocycles. The number of nitrogens with one attached hydrogen (secondary N) is 1. The van der Waals surface area contributed by atoms with Crippen molar-refractivity contribution >= 4 is 17.0 Å². The minimum atomic E-state index is -0.427. The van der Waals surface area contributed by atoms with E-state index in [2.05, 4.69) is 33.0 Å². The van der Waals surface area contributed by atoms with Gasteiger partial charge in [0.1, 0.15) is 0 Å². The summed E-state index contributed by atoms with van der Waals surface area (Å²) >= 11 is 5.40. The third-order valence-corrected chi connectivity index (χ3v) is 3.89. The summed E-state index contributed by atoms with van der Waals surface area (Å²) in [5.41, 5.74) is 0.163. The number of hydrogen-bond acceptors (Lipinski definition) is 1. The van der Waals surface area contributed by atoms with Crippen LogP contribution in [0.1, 0.15) is 40.5 Å². The van der Waals surface area contributed by atoms with Crippen LogP contribution in [0.15, 0.2) is 0 Å². The summed E-state index contributed by atoms with van der Waals surface area (Å²) in [5, 5.41) is 2.45. The fourth-order valence-corrected chi connectivity index (χ4v) is 2.62. The van der Waals surface area contributed by atoms with E-state index in [4.69, 9.17) is 11.6 Å². The Kier molecular flexibility index (Phi) is 3.46. The zero-order valence-electron chi connectivity index (χ0n) is 9.43.